The maximum Gasteiger partial charge on any atom is 0.250 e. The number of aryl methyl sites for hydroxylation is 1. The van der Waals surface area contributed by atoms with Gasteiger partial charge in [0.2, 0.25) is 0 Å². The van der Waals surface area contributed by atoms with Crippen LogP contribution in [0.25, 0.3) is 22.3 Å². The molecule has 0 aliphatic heterocycles. The summed E-state index contributed by atoms with van der Waals surface area (Å²) in [4.78, 5) is 29.8. The fourth-order valence-electron chi connectivity index (χ4n) is 4.20. The van der Waals surface area contributed by atoms with Gasteiger partial charge in [0.25, 0.3) is 5.56 Å². The second-order valence-electron chi connectivity index (χ2n) is 9.02. The van der Waals surface area contributed by atoms with Crippen molar-refractivity contribution < 1.29 is 8.63 Å². The maximum atomic E-state index is 13.4. The summed E-state index contributed by atoms with van der Waals surface area (Å²) in [5, 5.41) is 9.64. The van der Waals surface area contributed by atoms with Crippen molar-refractivity contribution in [1.82, 2.24) is 9.55 Å². The minimum atomic E-state index is -1.86. The molecule has 0 bridgehead atoms. The third kappa shape index (κ3) is 4.86. The van der Waals surface area contributed by atoms with Crippen molar-refractivity contribution in [2.24, 2.45) is 5.14 Å². The smallest absolute Gasteiger partial charge is 0.250 e. The van der Waals surface area contributed by atoms with Crippen LogP contribution >= 0.6 is 11.6 Å². The maximum absolute atomic E-state index is 13.4. The number of hydrogen-bond acceptors (Lipinski definition) is 6. The molecule has 2 atom stereocenters. The van der Waals surface area contributed by atoms with Gasteiger partial charge in [0, 0.05) is 35.0 Å². The molecule has 188 valence electrons. The van der Waals surface area contributed by atoms with Gasteiger partial charge < -0.3 is 14.3 Å². The lowest BCUT2D eigenvalue weighted by atomic mass is 9.99. The van der Waals surface area contributed by atoms with E-state index in [4.69, 9.17) is 21.2 Å². The van der Waals surface area contributed by atoms with Crippen LogP contribution in [0.4, 0.5) is 5.69 Å². The van der Waals surface area contributed by atoms with Gasteiger partial charge in [-0.1, -0.05) is 17.7 Å². The van der Waals surface area contributed by atoms with Crippen molar-refractivity contribution in [3.8, 4) is 11.3 Å². The van der Waals surface area contributed by atoms with Crippen molar-refractivity contribution in [3.05, 3.63) is 85.0 Å². The van der Waals surface area contributed by atoms with Gasteiger partial charge >= 0.3 is 0 Å². The highest BCUT2D eigenvalue weighted by molar-refractivity contribution is 7.82. The molecule has 0 amide bonds. The number of rotatable bonds is 6. The topological polar surface area (TPSA) is 120 Å². The van der Waals surface area contributed by atoms with Crippen molar-refractivity contribution in [2.75, 3.05) is 5.32 Å². The number of pyridine rings is 2. The van der Waals surface area contributed by atoms with E-state index in [0.29, 0.717) is 33.5 Å². The van der Waals surface area contributed by atoms with Crippen LogP contribution in [0.5, 0.6) is 0 Å². The van der Waals surface area contributed by atoms with E-state index in [1.807, 2.05) is 33.8 Å². The molecule has 8 nitrogen and oxygen atoms in total. The van der Waals surface area contributed by atoms with E-state index in [1.54, 1.807) is 42.0 Å². The minimum Gasteiger partial charge on any atom is -0.455 e. The molecule has 10 heteroatoms. The molecule has 0 saturated carbocycles. The van der Waals surface area contributed by atoms with E-state index >= 15 is 0 Å². The Bertz CT molecular complexity index is 1630. The van der Waals surface area contributed by atoms with Crippen molar-refractivity contribution >= 4 is 39.2 Å². The zero-order chi connectivity index (χ0) is 26.3. The number of nitrogens with zero attached hydrogens (tertiary/aromatic N) is 2. The molecule has 36 heavy (non-hydrogen) atoms. The Morgan fingerprint density at radius 1 is 1.11 bits per heavy atom. The summed E-state index contributed by atoms with van der Waals surface area (Å²) in [5.74, 6) is 0.399. The number of hydrogen-bond donors (Lipinski definition) is 2. The van der Waals surface area contributed by atoms with Gasteiger partial charge in [-0.15, -0.1) is 0 Å². The van der Waals surface area contributed by atoms with Crippen LogP contribution in [0, 0.1) is 13.8 Å². The SMILES string of the molecule is Cc1cc(C(C)Nc2ccc(Cl)nc2S(N)=O)c2oc(-c3ccc(=O)n(C(C)C)c3)c(C)c(=O)c2c1. The Kier molecular flexibility index (Phi) is 7.17. The van der Waals surface area contributed by atoms with Crippen LogP contribution < -0.4 is 21.4 Å². The third-order valence-corrected chi connectivity index (χ3v) is 6.91. The summed E-state index contributed by atoms with van der Waals surface area (Å²) in [6.45, 7) is 9.34. The molecule has 0 aliphatic carbocycles. The van der Waals surface area contributed by atoms with Crippen LogP contribution in [0.2, 0.25) is 5.15 Å². The zero-order valence-electron chi connectivity index (χ0n) is 20.6. The number of fused-ring (bicyclic) bond motifs is 1. The first kappa shape index (κ1) is 25.8. The Balaban J connectivity index is 1.91. The molecule has 0 aliphatic rings. The van der Waals surface area contributed by atoms with Gasteiger partial charge in [0.05, 0.1) is 17.1 Å². The number of nitrogens with one attached hydrogen (secondary N) is 1. The fourth-order valence-corrected chi connectivity index (χ4v) is 4.93. The number of halogens is 1. The van der Waals surface area contributed by atoms with E-state index in [1.165, 1.54) is 6.07 Å². The molecule has 0 radical (unpaired) electrons. The predicted octanol–water partition coefficient (Wildman–Crippen LogP) is 5.02. The lowest BCUT2D eigenvalue weighted by Crippen LogP contribution is -2.20. The quantitative estimate of drug-likeness (QED) is 0.340. The van der Waals surface area contributed by atoms with Crippen LogP contribution in [0.1, 0.15) is 49.5 Å². The van der Waals surface area contributed by atoms with E-state index in [0.717, 1.165) is 11.1 Å². The van der Waals surface area contributed by atoms with Crippen molar-refractivity contribution in [2.45, 2.75) is 51.7 Å². The van der Waals surface area contributed by atoms with Gasteiger partial charge in [-0.3, -0.25) is 9.59 Å². The first-order valence-corrected chi connectivity index (χ1v) is 13.0. The number of benzene rings is 1. The highest BCUT2D eigenvalue weighted by atomic mass is 35.5. The average molecular weight is 527 g/mol. The average Bonchev–Trinajstić information content (AvgIpc) is 2.82. The van der Waals surface area contributed by atoms with Crippen molar-refractivity contribution in [1.29, 1.82) is 0 Å². The second-order valence-corrected chi connectivity index (χ2v) is 10.4. The molecule has 2 unspecified atom stereocenters. The van der Waals surface area contributed by atoms with Gasteiger partial charge in [0.15, 0.2) is 10.5 Å². The summed E-state index contributed by atoms with van der Waals surface area (Å²) < 4.78 is 20.0. The lowest BCUT2D eigenvalue weighted by molar-refractivity contribution is 0.572. The van der Waals surface area contributed by atoms with Crippen LogP contribution in [0.3, 0.4) is 0 Å². The number of aromatic nitrogens is 2. The first-order valence-electron chi connectivity index (χ1n) is 11.4. The zero-order valence-corrected chi connectivity index (χ0v) is 22.2. The van der Waals surface area contributed by atoms with E-state index in [-0.39, 0.29) is 33.3 Å². The second kappa shape index (κ2) is 10.0. The molecule has 0 saturated heterocycles. The molecule has 3 N–H and O–H groups in total. The third-order valence-electron chi connectivity index (χ3n) is 6.00. The standard InChI is InChI=1S/C26H27ClN4O4S/c1-13(2)31-12-17(6-9-22(31)32)24-15(4)23(33)19-11-14(3)10-18(25(19)35-24)16(5)29-20-7-8-21(27)30-26(20)36(28)34/h6-13,16,29H,28H2,1-5H3. The molecule has 3 heterocycles. The first-order chi connectivity index (χ1) is 17.0. The Morgan fingerprint density at radius 3 is 2.50 bits per heavy atom. The Labute approximate surface area is 215 Å². The summed E-state index contributed by atoms with van der Waals surface area (Å²) in [6.07, 6.45) is 1.71. The van der Waals surface area contributed by atoms with Crippen LogP contribution in [-0.2, 0) is 11.0 Å². The molecule has 0 spiro atoms. The van der Waals surface area contributed by atoms with Crippen molar-refractivity contribution in [3.63, 3.8) is 0 Å². The highest BCUT2D eigenvalue weighted by Gasteiger charge is 2.21. The lowest BCUT2D eigenvalue weighted by Gasteiger charge is -2.20. The summed E-state index contributed by atoms with van der Waals surface area (Å²) in [5.41, 5.74) is 3.30. The van der Waals surface area contributed by atoms with E-state index < -0.39 is 11.0 Å². The molecule has 3 aromatic heterocycles. The van der Waals surface area contributed by atoms with E-state index in [2.05, 4.69) is 10.3 Å². The van der Waals surface area contributed by atoms with Crippen LogP contribution in [-0.4, -0.2) is 13.8 Å². The molecule has 4 aromatic rings. The summed E-state index contributed by atoms with van der Waals surface area (Å²) >= 11 is 5.96. The van der Waals surface area contributed by atoms with Gasteiger partial charge in [-0.25, -0.2) is 14.3 Å². The normalized spacial score (nSPS) is 13.2. The molecule has 4 rings (SSSR count). The summed E-state index contributed by atoms with van der Waals surface area (Å²) in [7, 11) is -1.86. The molecule has 0 fully saturated rings. The number of anilines is 1. The van der Waals surface area contributed by atoms with Gasteiger partial charge in [-0.05, 0) is 64.4 Å². The van der Waals surface area contributed by atoms with E-state index in [9.17, 15) is 13.8 Å². The van der Waals surface area contributed by atoms with Crippen LogP contribution in [0.15, 0.2) is 61.6 Å². The fraction of sp³-hybridized carbons (Fsp3) is 0.269. The molecular formula is C26H27ClN4O4S. The molecule has 1 aromatic carbocycles. The Morgan fingerprint density at radius 2 is 1.83 bits per heavy atom. The van der Waals surface area contributed by atoms with Gasteiger partial charge in [0.1, 0.15) is 27.5 Å². The largest absolute Gasteiger partial charge is 0.455 e. The highest BCUT2D eigenvalue weighted by Crippen LogP contribution is 2.33. The predicted molar refractivity (Wildman–Crippen MR) is 144 cm³/mol. The Hall–Kier alpha value is -3.27. The molecular weight excluding hydrogens is 500 g/mol. The minimum absolute atomic E-state index is 0.0531. The number of nitrogens with two attached hydrogens (primary N) is 1. The monoisotopic (exact) mass is 526 g/mol. The van der Waals surface area contributed by atoms with Gasteiger partial charge in [-0.2, -0.15) is 0 Å². The summed E-state index contributed by atoms with van der Waals surface area (Å²) in [6, 6.07) is 9.67.